The Bertz CT molecular complexity index is 727. The van der Waals surface area contributed by atoms with Crippen LogP contribution in [0.2, 0.25) is 0 Å². The van der Waals surface area contributed by atoms with Gasteiger partial charge in [0, 0.05) is 0 Å². The molecule has 28 heavy (non-hydrogen) atoms. The standard InChI is InChI=1S/C17H22F4N4O3/c1-8(2)14(9-4-5-12(10(18)6-9)28-17(19,20)21)25-15(27)11-7-13(26)24-16(22-3)23-11/h4-6,8,11,14,16,22-23H,7H2,1-3H3,(H,24,26)(H,25,27)/t11?,14-,16?/m1/s1. The maximum Gasteiger partial charge on any atom is 0.573 e. The first-order chi connectivity index (χ1) is 13.0. The van der Waals surface area contributed by atoms with Crippen molar-refractivity contribution in [2.45, 2.75) is 45.0 Å². The molecule has 11 heteroatoms. The summed E-state index contributed by atoms with van der Waals surface area (Å²) in [5.41, 5.74) is 0.279. The average Bonchev–Trinajstić information content (AvgIpc) is 2.59. The number of amides is 2. The van der Waals surface area contributed by atoms with E-state index in [1.807, 2.05) is 0 Å². The summed E-state index contributed by atoms with van der Waals surface area (Å²) in [5.74, 6) is -3.15. The number of hydrogen-bond donors (Lipinski definition) is 4. The van der Waals surface area contributed by atoms with Gasteiger partial charge in [-0.05, 0) is 30.7 Å². The molecule has 1 aromatic rings. The van der Waals surface area contributed by atoms with Crippen LogP contribution in [0.3, 0.4) is 0 Å². The van der Waals surface area contributed by atoms with Crippen LogP contribution in [0.5, 0.6) is 5.75 Å². The van der Waals surface area contributed by atoms with Gasteiger partial charge < -0.3 is 15.4 Å². The second-order valence-electron chi connectivity index (χ2n) is 6.68. The molecule has 2 unspecified atom stereocenters. The molecule has 0 spiro atoms. The molecule has 0 saturated carbocycles. The molecule has 1 saturated heterocycles. The van der Waals surface area contributed by atoms with Crippen LogP contribution in [0.1, 0.15) is 31.9 Å². The molecule has 0 bridgehead atoms. The molecule has 1 aliphatic heterocycles. The topological polar surface area (TPSA) is 91.5 Å². The molecule has 0 aliphatic carbocycles. The van der Waals surface area contributed by atoms with Crippen molar-refractivity contribution in [2.75, 3.05) is 7.05 Å². The summed E-state index contributed by atoms with van der Waals surface area (Å²) in [4.78, 5) is 24.3. The van der Waals surface area contributed by atoms with Crippen LogP contribution in [0.25, 0.3) is 0 Å². The minimum Gasteiger partial charge on any atom is -0.403 e. The summed E-state index contributed by atoms with van der Waals surface area (Å²) >= 11 is 0. The monoisotopic (exact) mass is 406 g/mol. The van der Waals surface area contributed by atoms with Gasteiger partial charge in [0.1, 0.15) is 6.29 Å². The van der Waals surface area contributed by atoms with E-state index >= 15 is 0 Å². The summed E-state index contributed by atoms with van der Waals surface area (Å²) in [6.45, 7) is 3.53. The third-order valence-electron chi connectivity index (χ3n) is 4.17. The van der Waals surface area contributed by atoms with Crippen molar-refractivity contribution < 1.29 is 31.9 Å². The Morgan fingerprint density at radius 3 is 2.54 bits per heavy atom. The third-order valence-corrected chi connectivity index (χ3v) is 4.17. The van der Waals surface area contributed by atoms with E-state index in [1.54, 1.807) is 20.9 Å². The van der Waals surface area contributed by atoms with Crippen LogP contribution in [0, 0.1) is 11.7 Å². The molecule has 1 fully saturated rings. The van der Waals surface area contributed by atoms with E-state index in [0.29, 0.717) is 0 Å². The van der Waals surface area contributed by atoms with Gasteiger partial charge in [-0.15, -0.1) is 13.2 Å². The lowest BCUT2D eigenvalue weighted by Gasteiger charge is -2.32. The van der Waals surface area contributed by atoms with E-state index in [9.17, 15) is 27.2 Å². The van der Waals surface area contributed by atoms with Crippen LogP contribution in [0.4, 0.5) is 17.6 Å². The van der Waals surface area contributed by atoms with E-state index in [1.165, 1.54) is 6.07 Å². The number of hydrogen-bond acceptors (Lipinski definition) is 5. The van der Waals surface area contributed by atoms with Gasteiger partial charge in [0.2, 0.25) is 11.8 Å². The zero-order valence-corrected chi connectivity index (χ0v) is 15.5. The van der Waals surface area contributed by atoms with E-state index in [2.05, 4.69) is 26.0 Å². The second kappa shape index (κ2) is 8.74. The Morgan fingerprint density at radius 1 is 1.32 bits per heavy atom. The number of nitrogens with one attached hydrogen (secondary N) is 4. The van der Waals surface area contributed by atoms with Gasteiger partial charge in [0.15, 0.2) is 11.6 Å². The zero-order valence-electron chi connectivity index (χ0n) is 15.5. The molecule has 0 aromatic heterocycles. The minimum atomic E-state index is -5.01. The van der Waals surface area contributed by atoms with Crippen molar-refractivity contribution in [1.29, 1.82) is 0 Å². The molecule has 0 radical (unpaired) electrons. The molecule has 2 amide bonds. The van der Waals surface area contributed by atoms with Crippen molar-refractivity contribution in [3.05, 3.63) is 29.6 Å². The Labute approximate surface area is 159 Å². The molecule has 7 nitrogen and oxygen atoms in total. The van der Waals surface area contributed by atoms with Gasteiger partial charge in [-0.1, -0.05) is 19.9 Å². The molecule has 1 aliphatic rings. The van der Waals surface area contributed by atoms with Crippen molar-refractivity contribution in [2.24, 2.45) is 5.92 Å². The Balaban J connectivity index is 2.16. The Hall–Kier alpha value is -2.40. The number of carbonyl (C=O) groups excluding carboxylic acids is 2. The SMILES string of the molecule is CNC1NC(=O)CC(C(=O)N[C@@H](c2ccc(OC(F)(F)F)c(F)c2)C(C)C)N1. The Kier molecular flexibility index (Phi) is 6.83. The summed E-state index contributed by atoms with van der Waals surface area (Å²) in [6, 6.07) is 1.52. The first kappa shape index (κ1) is 21.9. The van der Waals surface area contributed by atoms with Gasteiger partial charge in [0.05, 0.1) is 18.5 Å². The van der Waals surface area contributed by atoms with Crippen molar-refractivity contribution >= 4 is 11.8 Å². The maximum absolute atomic E-state index is 14.0. The number of alkyl halides is 3. The molecule has 156 valence electrons. The van der Waals surface area contributed by atoms with Gasteiger partial charge >= 0.3 is 6.36 Å². The predicted molar refractivity (Wildman–Crippen MR) is 91.3 cm³/mol. The molecule has 4 N–H and O–H groups in total. The van der Waals surface area contributed by atoms with Crippen LogP contribution < -0.4 is 26.0 Å². The quantitative estimate of drug-likeness (QED) is 0.538. The van der Waals surface area contributed by atoms with Gasteiger partial charge in [-0.25, -0.2) is 4.39 Å². The van der Waals surface area contributed by atoms with E-state index in [0.717, 1.165) is 12.1 Å². The maximum atomic E-state index is 14.0. The molecule has 3 atom stereocenters. The highest BCUT2D eigenvalue weighted by Gasteiger charge is 2.34. The van der Waals surface area contributed by atoms with Crippen LogP contribution in [-0.4, -0.2) is 37.6 Å². The lowest BCUT2D eigenvalue weighted by atomic mass is 9.95. The largest absolute Gasteiger partial charge is 0.573 e. The molecule has 1 heterocycles. The fourth-order valence-corrected chi connectivity index (χ4v) is 2.84. The first-order valence-corrected chi connectivity index (χ1v) is 8.58. The fraction of sp³-hybridized carbons (Fsp3) is 0.529. The van der Waals surface area contributed by atoms with Crippen molar-refractivity contribution in [3.63, 3.8) is 0 Å². The van der Waals surface area contributed by atoms with Gasteiger partial charge in [0.25, 0.3) is 0 Å². The number of ether oxygens (including phenoxy) is 1. The highest BCUT2D eigenvalue weighted by Crippen LogP contribution is 2.30. The Morgan fingerprint density at radius 2 is 2.00 bits per heavy atom. The molecule has 1 aromatic carbocycles. The fourth-order valence-electron chi connectivity index (χ4n) is 2.84. The molecular weight excluding hydrogens is 384 g/mol. The smallest absolute Gasteiger partial charge is 0.403 e. The average molecular weight is 406 g/mol. The molecular formula is C17H22F4N4O3. The number of carbonyl (C=O) groups is 2. The minimum absolute atomic E-state index is 0.0818. The summed E-state index contributed by atoms with van der Waals surface area (Å²) in [5, 5.41) is 11.0. The van der Waals surface area contributed by atoms with Crippen LogP contribution in [0.15, 0.2) is 18.2 Å². The highest BCUT2D eigenvalue weighted by atomic mass is 19.4. The lowest BCUT2D eigenvalue weighted by Crippen LogP contribution is -2.65. The summed E-state index contributed by atoms with van der Waals surface area (Å²) < 4.78 is 54.5. The normalized spacial score (nSPS) is 21.2. The zero-order chi connectivity index (χ0) is 21.1. The number of benzene rings is 1. The van der Waals surface area contributed by atoms with Gasteiger partial charge in [-0.3, -0.25) is 20.2 Å². The van der Waals surface area contributed by atoms with E-state index < -0.39 is 42.2 Å². The first-order valence-electron chi connectivity index (χ1n) is 8.58. The summed E-state index contributed by atoms with van der Waals surface area (Å²) in [6.07, 6.45) is -5.67. The molecule has 2 rings (SSSR count). The van der Waals surface area contributed by atoms with Gasteiger partial charge in [-0.2, -0.15) is 0 Å². The number of halogens is 4. The second-order valence-corrected chi connectivity index (χ2v) is 6.68. The van der Waals surface area contributed by atoms with Crippen LogP contribution in [-0.2, 0) is 9.59 Å². The van der Waals surface area contributed by atoms with Crippen molar-refractivity contribution in [3.8, 4) is 5.75 Å². The third kappa shape index (κ3) is 5.80. The van der Waals surface area contributed by atoms with E-state index in [-0.39, 0.29) is 23.8 Å². The van der Waals surface area contributed by atoms with Crippen LogP contribution >= 0.6 is 0 Å². The lowest BCUT2D eigenvalue weighted by molar-refractivity contribution is -0.275. The number of rotatable bonds is 6. The predicted octanol–water partition coefficient (Wildman–Crippen LogP) is 1.52. The summed E-state index contributed by atoms with van der Waals surface area (Å²) in [7, 11) is 1.60. The van der Waals surface area contributed by atoms with Crippen molar-refractivity contribution in [1.82, 2.24) is 21.3 Å². The van der Waals surface area contributed by atoms with E-state index in [4.69, 9.17) is 0 Å². The highest BCUT2D eigenvalue weighted by molar-refractivity contribution is 5.89.